The van der Waals surface area contributed by atoms with E-state index in [0.717, 1.165) is 6.07 Å². The van der Waals surface area contributed by atoms with E-state index in [9.17, 15) is 18.4 Å². The molecule has 2 aliphatic heterocycles. The van der Waals surface area contributed by atoms with Crippen LogP contribution in [0.25, 0.3) is 0 Å². The Morgan fingerprint density at radius 1 is 1.09 bits per heavy atom. The lowest BCUT2D eigenvalue weighted by molar-refractivity contribution is -0.141. The summed E-state index contributed by atoms with van der Waals surface area (Å²) in [6, 6.07) is 3.36. The molecule has 0 spiro atoms. The minimum Gasteiger partial charge on any atom is -0.383 e. The van der Waals surface area contributed by atoms with Crippen molar-refractivity contribution in [3.8, 4) is 0 Å². The van der Waals surface area contributed by atoms with Gasteiger partial charge in [-0.3, -0.25) is 19.4 Å². The molecule has 1 aromatic rings. The molecule has 7 heteroatoms. The van der Waals surface area contributed by atoms with Gasteiger partial charge in [-0.05, 0) is 17.7 Å². The van der Waals surface area contributed by atoms with Crippen LogP contribution >= 0.6 is 0 Å². The highest BCUT2D eigenvalue weighted by Crippen LogP contribution is 2.34. The number of halogens is 2. The average molecular weight is 324 g/mol. The van der Waals surface area contributed by atoms with E-state index < -0.39 is 11.6 Å². The lowest BCUT2D eigenvalue weighted by atomic mass is 10.00. The predicted molar refractivity (Wildman–Crippen MR) is 77.2 cm³/mol. The number of imide groups is 1. The maximum absolute atomic E-state index is 13.2. The number of benzene rings is 1. The van der Waals surface area contributed by atoms with Crippen LogP contribution in [0.5, 0.6) is 0 Å². The molecule has 0 aromatic heterocycles. The molecule has 3 rings (SSSR count). The van der Waals surface area contributed by atoms with Crippen LogP contribution in [0.3, 0.4) is 0 Å². The van der Waals surface area contributed by atoms with Crippen LogP contribution in [-0.4, -0.2) is 55.0 Å². The summed E-state index contributed by atoms with van der Waals surface area (Å²) in [6.45, 7) is 1.77. The zero-order chi connectivity index (χ0) is 16.6. The Balaban J connectivity index is 1.66. The van der Waals surface area contributed by atoms with E-state index in [2.05, 4.69) is 0 Å². The first-order valence-electron chi connectivity index (χ1n) is 7.51. The Hall–Kier alpha value is -1.86. The SMILES string of the molecule is COCCN1C(=O)C2CN(Cc3cc(F)cc(F)c3)CC2C1=O. The second-order valence-electron chi connectivity index (χ2n) is 6.01. The van der Waals surface area contributed by atoms with E-state index in [0.29, 0.717) is 31.8 Å². The van der Waals surface area contributed by atoms with Gasteiger partial charge in [0, 0.05) is 32.8 Å². The third-order valence-electron chi connectivity index (χ3n) is 4.41. The molecule has 2 saturated heterocycles. The third kappa shape index (κ3) is 3.11. The molecule has 0 radical (unpaired) electrons. The minimum atomic E-state index is -0.628. The van der Waals surface area contributed by atoms with E-state index in [1.54, 1.807) is 0 Å². The first-order chi connectivity index (χ1) is 11.0. The van der Waals surface area contributed by atoms with Crippen LogP contribution in [0.4, 0.5) is 8.78 Å². The Bertz CT molecular complexity index is 594. The molecule has 2 fully saturated rings. The van der Waals surface area contributed by atoms with Crippen molar-refractivity contribution in [1.29, 1.82) is 0 Å². The second kappa shape index (κ2) is 6.33. The largest absolute Gasteiger partial charge is 0.383 e. The summed E-state index contributed by atoms with van der Waals surface area (Å²) in [5.74, 6) is -2.33. The summed E-state index contributed by atoms with van der Waals surface area (Å²) in [5.41, 5.74) is 0.499. The van der Waals surface area contributed by atoms with Gasteiger partial charge in [-0.15, -0.1) is 0 Å². The van der Waals surface area contributed by atoms with Crippen molar-refractivity contribution in [2.24, 2.45) is 11.8 Å². The van der Waals surface area contributed by atoms with E-state index in [1.165, 1.54) is 24.1 Å². The number of ether oxygens (including phenoxy) is 1. The van der Waals surface area contributed by atoms with Crippen LogP contribution in [-0.2, 0) is 20.9 Å². The topological polar surface area (TPSA) is 49.9 Å². The van der Waals surface area contributed by atoms with Crippen LogP contribution in [0, 0.1) is 23.5 Å². The minimum absolute atomic E-state index is 0.176. The molecule has 0 saturated carbocycles. The zero-order valence-corrected chi connectivity index (χ0v) is 12.8. The van der Waals surface area contributed by atoms with Gasteiger partial charge in [-0.2, -0.15) is 0 Å². The number of methoxy groups -OCH3 is 1. The van der Waals surface area contributed by atoms with Gasteiger partial charge in [0.25, 0.3) is 0 Å². The van der Waals surface area contributed by atoms with Gasteiger partial charge >= 0.3 is 0 Å². The Kier molecular flexibility index (Phi) is 4.41. The van der Waals surface area contributed by atoms with Gasteiger partial charge in [-0.1, -0.05) is 0 Å². The summed E-state index contributed by atoms with van der Waals surface area (Å²) >= 11 is 0. The highest BCUT2D eigenvalue weighted by molar-refractivity contribution is 6.05. The number of rotatable bonds is 5. The normalized spacial score (nSPS) is 24.6. The summed E-state index contributed by atoms with van der Waals surface area (Å²) in [5, 5.41) is 0. The summed E-state index contributed by atoms with van der Waals surface area (Å²) in [4.78, 5) is 27.8. The number of amides is 2. The quantitative estimate of drug-likeness (QED) is 0.759. The monoisotopic (exact) mass is 324 g/mol. The molecule has 124 valence electrons. The van der Waals surface area contributed by atoms with Gasteiger partial charge in [-0.25, -0.2) is 8.78 Å². The van der Waals surface area contributed by atoms with Crippen LogP contribution in [0.15, 0.2) is 18.2 Å². The Morgan fingerprint density at radius 2 is 1.65 bits per heavy atom. The molecule has 2 unspecified atom stereocenters. The zero-order valence-electron chi connectivity index (χ0n) is 12.8. The fraction of sp³-hybridized carbons (Fsp3) is 0.500. The van der Waals surface area contributed by atoms with Gasteiger partial charge in [0.1, 0.15) is 11.6 Å². The summed E-state index contributed by atoms with van der Waals surface area (Å²) in [6.07, 6.45) is 0. The highest BCUT2D eigenvalue weighted by Gasteiger charge is 2.51. The molecule has 5 nitrogen and oxygen atoms in total. The fourth-order valence-corrected chi connectivity index (χ4v) is 3.39. The van der Waals surface area contributed by atoms with Crippen LogP contribution in [0.2, 0.25) is 0 Å². The number of carbonyl (C=O) groups excluding carboxylic acids is 2. The van der Waals surface area contributed by atoms with Crippen molar-refractivity contribution in [3.05, 3.63) is 35.4 Å². The van der Waals surface area contributed by atoms with Gasteiger partial charge in [0.15, 0.2) is 0 Å². The van der Waals surface area contributed by atoms with E-state index in [4.69, 9.17) is 4.74 Å². The second-order valence-corrected chi connectivity index (χ2v) is 6.01. The number of hydrogen-bond donors (Lipinski definition) is 0. The van der Waals surface area contributed by atoms with Crippen molar-refractivity contribution in [3.63, 3.8) is 0 Å². The maximum Gasteiger partial charge on any atom is 0.234 e. The number of carbonyl (C=O) groups is 2. The lowest BCUT2D eigenvalue weighted by Gasteiger charge is -2.20. The number of likely N-dealkylation sites (tertiary alicyclic amines) is 2. The van der Waals surface area contributed by atoms with Crippen molar-refractivity contribution < 1.29 is 23.1 Å². The predicted octanol–water partition coefficient (Wildman–Crippen LogP) is 1.03. The van der Waals surface area contributed by atoms with E-state index >= 15 is 0 Å². The van der Waals surface area contributed by atoms with Crippen LogP contribution < -0.4 is 0 Å². The third-order valence-corrected chi connectivity index (χ3v) is 4.41. The molecular weight excluding hydrogens is 306 g/mol. The smallest absolute Gasteiger partial charge is 0.234 e. The molecule has 23 heavy (non-hydrogen) atoms. The first-order valence-corrected chi connectivity index (χ1v) is 7.51. The lowest BCUT2D eigenvalue weighted by Crippen LogP contribution is -2.37. The molecule has 2 amide bonds. The molecule has 0 N–H and O–H groups in total. The molecule has 0 bridgehead atoms. The molecule has 2 atom stereocenters. The van der Waals surface area contributed by atoms with Crippen molar-refractivity contribution in [2.45, 2.75) is 6.54 Å². The van der Waals surface area contributed by atoms with E-state index in [1.807, 2.05) is 4.90 Å². The van der Waals surface area contributed by atoms with Crippen molar-refractivity contribution >= 4 is 11.8 Å². The first kappa shape index (κ1) is 16.0. The van der Waals surface area contributed by atoms with Gasteiger partial charge in [0.05, 0.1) is 25.0 Å². The van der Waals surface area contributed by atoms with Crippen molar-refractivity contribution in [1.82, 2.24) is 9.80 Å². The van der Waals surface area contributed by atoms with Gasteiger partial charge < -0.3 is 4.74 Å². The van der Waals surface area contributed by atoms with Crippen LogP contribution in [0.1, 0.15) is 5.56 Å². The number of fused-ring (bicyclic) bond motifs is 1. The summed E-state index contributed by atoms with van der Waals surface area (Å²) < 4.78 is 31.4. The number of nitrogens with zero attached hydrogens (tertiary/aromatic N) is 2. The molecule has 2 heterocycles. The summed E-state index contributed by atoms with van der Waals surface area (Å²) in [7, 11) is 1.52. The number of hydrogen-bond acceptors (Lipinski definition) is 4. The van der Waals surface area contributed by atoms with E-state index in [-0.39, 0.29) is 30.2 Å². The average Bonchev–Trinajstić information content (AvgIpc) is 2.97. The fourth-order valence-electron chi connectivity index (χ4n) is 3.39. The standard InChI is InChI=1S/C16H18F2N2O3/c1-23-3-2-20-15(21)13-8-19(9-14(13)16(20)22)7-10-4-11(17)6-12(18)5-10/h4-6,13-14H,2-3,7-9H2,1H3. The highest BCUT2D eigenvalue weighted by atomic mass is 19.1. The maximum atomic E-state index is 13.2. The van der Waals surface area contributed by atoms with Gasteiger partial charge in [0.2, 0.25) is 11.8 Å². The molecule has 1 aromatic carbocycles. The molecule has 2 aliphatic rings. The van der Waals surface area contributed by atoms with Crippen molar-refractivity contribution in [2.75, 3.05) is 33.4 Å². The Labute approximate surface area is 132 Å². The molecular formula is C16H18F2N2O3. The molecule has 0 aliphatic carbocycles. The Morgan fingerprint density at radius 3 is 2.17 bits per heavy atom.